The molecule has 0 atom stereocenters. The van der Waals surface area contributed by atoms with Gasteiger partial charge in [0.05, 0.1) is 4.88 Å². The molecule has 0 aliphatic heterocycles. The zero-order valence-corrected chi connectivity index (χ0v) is 10.9. The number of rotatable bonds is 5. The predicted octanol–water partition coefficient (Wildman–Crippen LogP) is 1.32. The summed E-state index contributed by atoms with van der Waals surface area (Å²) in [5.74, 6) is -0.0245. The molecule has 0 bridgehead atoms. The Bertz CT molecular complexity index is 341. The monoisotopic (exact) mass is 241 g/mol. The van der Waals surface area contributed by atoms with E-state index in [4.69, 9.17) is 5.73 Å². The van der Waals surface area contributed by atoms with Crippen molar-refractivity contribution in [3.63, 3.8) is 0 Å². The summed E-state index contributed by atoms with van der Waals surface area (Å²) in [5.41, 5.74) is 6.39. The zero-order chi connectivity index (χ0) is 12.1. The minimum absolute atomic E-state index is 0.0245. The maximum atomic E-state index is 11.7. The number of nitrogens with zero attached hydrogens (tertiary/aromatic N) is 1. The summed E-state index contributed by atoms with van der Waals surface area (Å²) >= 11 is 1.44. The highest BCUT2D eigenvalue weighted by Crippen LogP contribution is 2.22. The van der Waals surface area contributed by atoms with Crippen molar-refractivity contribution >= 4 is 22.9 Å². The van der Waals surface area contributed by atoms with Crippen molar-refractivity contribution in [2.45, 2.75) is 13.3 Å². The average Bonchev–Trinajstić information content (AvgIpc) is 2.54. The van der Waals surface area contributed by atoms with E-state index in [0.29, 0.717) is 17.1 Å². The Morgan fingerprint density at radius 2 is 2.25 bits per heavy atom. The standard InChI is InChI=1S/C11H19N3OS/c1-8-9(12)7-10(16-8)11(15)13-5-4-6-14(2)3/h7H,4-6,12H2,1-3H3,(H,13,15). The molecule has 0 spiro atoms. The second kappa shape index (κ2) is 5.86. The number of amides is 1. The van der Waals surface area contributed by atoms with Gasteiger partial charge in [-0.25, -0.2) is 0 Å². The third-order valence-corrected chi connectivity index (χ3v) is 3.31. The topological polar surface area (TPSA) is 58.4 Å². The Morgan fingerprint density at radius 1 is 1.56 bits per heavy atom. The summed E-state index contributed by atoms with van der Waals surface area (Å²) in [6.07, 6.45) is 0.957. The van der Waals surface area contributed by atoms with E-state index in [2.05, 4.69) is 10.2 Å². The molecule has 1 amide bonds. The van der Waals surface area contributed by atoms with Gasteiger partial charge in [-0.15, -0.1) is 11.3 Å². The van der Waals surface area contributed by atoms with Gasteiger partial charge >= 0.3 is 0 Å². The number of nitrogens with two attached hydrogens (primary N) is 1. The first-order valence-corrected chi connectivity index (χ1v) is 6.11. The molecule has 4 nitrogen and oxygen atoms in total. The summed E-state index contributed by atoms with van der Waals surface area (Å²) in [6, 6.07) is 1.74. The fourth-order valence-corrected chi connectivity index (χ4v) is 2.15. The highest BCUT2D eigenvalue weighted by Gasteiger charge is 2.09. The lowest BCUT2D eigenvalue weighted by molar-refractivity contribution is 0.0956. The predicted molar refractivity (Wildman–Crippen MR) is 69.0 cm³/mol. The quantitative estimate of drug-likeness (QED) is 0.764. The van der Waals surface area contributed by atoms with Crippen LogP contribution in [-0.4, -0.2) is 38.0 Å². The van der Waals surface area contributed by atoms with E-state index in [9.17, 15) is 4.79 Å². The lowest BCUT2D eigenvalue weighted by atomic mass is 10.3. The average molecular weight is 241 g/mol. The molecule has 90 valence electrons. The molecular formula is C11H19N3OS. The fourth-order valence-electron chi connectivity index (χ4n) is 1.29. The van der Waals surface area contributed by atoms with Gasteiger partial charge in [-0.3, -0.25) is 4.79 Å². The zero-order valence-electron chi connectivity index (χ0n) is 10.0. The molecule has 16 heavy (non-hydrogen) atoms. The smallest absolute Gasteiger partial charge is 0.261 e. The Balaban J connectivity index is 2.35. The van der Waals surface area contributed by atoms with E-state index in [1.165, 1.54) is 11.3 Å². The number of nitrogen functional groups attached to an aromatic ring is 1. The van der Waals surface area contributed by atoms with E-state index in [-0.39, 0.29) is 5.91 Å². The lowest BCUT2D eigenvalue weighted by Gasteiger charge is -2.09. The maximum Gasteiger partial charge on any atom is 0.261 e. The van der Waals surface area contributed by atoms with Crippen molar-refractivity contribution in [1.82, 2.24) is 10.2 Å². The van der Waals surface area contributed by atoms with Gasteiger partial charge in [0, 0.05) is 17.1 Å². The number of thiophene rings is 1. The van der Waals surface area contributed by atoms with Crippen molar-refractivity contribution < 1.29 is 4.79 Å². The van der Waals surface area contributed by atoms with Gasteiger partial charge in [0.2, 0.25) is 0 Å². The lowest BCUT2D eigenvalue weighted by Crippen LogP contribution is -2.26. The van der Waals surface area contributed by atoms with Crippen molar-refractivity contribution in [2.24, 2.45) is 0 Å². The Morgan fingerprint density at radius 3 is 2.75 bits per heavy atom. The highest BCUT2D eigenvalue weighted by atomic mass is 32.1. The normalized spacial score (nSPS) is 10.8. The first-order chi connectivity index (χ1) is 7.50. The Labute approximate surface area is 100 Å². The van der Waals surface area contributed by atoms with Crippen molar-refractivity contribution in [3.05, 3.63) is 15.8 Å². The molecule has 0 aliphatic carbocycles. The molecular weight excluding hydrogens is 222 g/mol. The number of nitrogens with one attached hydrogen (secondary N) is 1. The summed E-state index contributed by atoms with van der Waals surface area (Å²) < 4.78 is 0. The summed E-state index contributed by atoms with van der Waals surface area (Å²) in [5, 5.41) is 2.88. The first-order valence-electron chi connectivity index (χ1n) is 5.29. The summed E-state index contributed by atoms with van der Waals surface area (Å²) in [7, 11) is 4.04. The molecule has 0 aromatic carbocycles. The number of anilines is 1. The van der Waals surface area contributed by atoms with Crippen LogP contribution in [0.1, 0.15) is 21.0 Å². The second-order valence-corrected chi connectivity index (χ2v) is 5.29. The number of carbonyl (C=O) groups excluding carboxylic acids is 1. The molecule has 1 rings (SSSR count). The minimum Gasteiger partial charge on any atom is -0.398 e. The summed E-state index contributed by atoms with van der Waals surface area (Å²) in [6.45, 7) is 3.60. The molecule has 3 N–H and O–H groups in total. The largest absolute Gasteiger partial charge is 0.398 e. The number of hydrogen-bond acceptors (Lipinski definition) is 4. The maximum absolute atomic E-state index is 11.7. The Hall–Kier alpha value is -1.07. The molecule has 0 radical (unpaired) electrons. The van der Waals surface area contributed by atoms with Crippen LogP contribution in [0.25, 0.3) is 0 Å². The van der Waals surface area contributed by atoms with E-state index >= 15 is 0 Å². The minimum atomic E-state index is -0.0245. The van der Waals surface area contributed by atoms with Crippen molar-refractivity contribution in [3.8, 4) is 0 Å². The van der Waals surface area contributed by atoms with E-state index in [1.807, 2.05) is 21.0 Å². The number of hydrogen-bond donors (Lipinski definition) is 2. The van der Waals surface area contributed by atoms with Gasteiger partial charge < -0.3 is 16.0 Å². The van der Waals surface area contributed by atoms with Crippen LogP contribution in [0.5, 0.6) is 0 Å². The third-order valence-electron chi connectivity index (χ3n) is 2.25. The van der Waals surface area contributed by atoms with Crippen LogP contribution in [0, 0.1) is 6.92 Å². The van der Waals surface area contributed by atoms with Gasteiger partial charge in [0.25, 0.3) is 5.91 Å². The molecule has 0 fully saturated rings. The van der Waals surface area contributed by atoms with Crippen molar-refractivity contribution in [1.29, 1.82) is 0 Å². The molecule has 0 unspecified atom stereocenters. The van der Waals surface area contributed by atoms with Gasteiger partial charge in [0.1, 0.15) is 0 Å². The van der Waals surface area contributed by atoms with Crippen LogP contribution in [0.3, 0.4) is 0 Å². The van der Waals surface area contributed by atoms with E-state index in [1.54, 1.807) is 6.07 Å². The molecule has 0 saturated carbocycles. The van der Waals surface area contributed by atoms with Gasteiger partial charge in [-0.2, -0.15) is 0 Å². The SMILES string of the molecule is Cc1sc(C(=O)NCCCN(C)C)cc1N. The van der Waals surface area contributed by atoms with Crippen LogP contribution < -0.4 is 11.1 Å². The highest BCUT2D eigenvalue weighted by molar-refractivity contribution is 7.14. The van der Waals surface area contributed by atoms with E-state index in [0.717, 1.165) is 17.8 Å². The molecule has 0 saturated heterocycles. The number of aryl methyl sites for hydroxylation is 1. The van der Waals surface area contributed by atoms with Crippen LogP contribution in [-0.2, 0) is 0 Å². The Kier molecular flexibility index (Phi) is 4.76. The van der Waals surface area contributed by atoms with Crippen LogP contribution >= 0.6 is 11.3 Å². The molecule has 0 aliphatic rings. The van der Waals surface area contributed by atoms with Crippen LogP contribution in [0.2, 0.25) is 0 Å². The van der Waals surface area contributed by atoms with Gasteiger partial charge in [0.15, 0.2) is 0 Å². The molecule has 5 heteroatoms. The molecule has 1 aromatic heterocycles. The third kappa shape index (κ3) is 3.83. The summed E-state index contributed by atoms with van der Waals surface area (Å²) in [4.78, 5) is 15.5. The first kappa shape index (κ1) is 13.0. The molecule has 1 aromatic rings. The van der Waals surface area contributed by atoms with Crippen molar-refractivity contribution in [2.75, 3.05) is 32.9 Å². The second-order valence-electron chi connectivity index (χ2n) is 4.03. The van der Waals surface area contributed by atoms with Crippen LogP contribution in [0.15, 0.2) is 6.07 Å². The van der Waals surface area contributed by atoms with E-state index < -0.39 is 0 Å². The van der Waals surface area contributed by atoms with Gasteiger partial charge in [-0.1, -0.05) is 0 Å². The number of carbonyl (C=O) groups is 1. The molecule has 1 heterocycles. The van der Waals surface area contributed by atoms with Gasteiger partial charge in [-0.05, 0) is 40.1 Å². The fraction of sp³-hybridized carbons (Fsp3) is 0.545. The van der Waals surface area contributed by atoms with Crippen LogP contribution in [0.4, 0.5) is 5.69 Å².